The van der Waals surface area contributed by atoms with E-state index in [-0.39, 0.29) is 38.9 Å². The van der Waals surface area contributed by atoms with E-state index in [9.17, 15) is 33.6 Å². The smallest absolute Gasteiger partial charge is 0.338 e. The Morgan fingerprint density at radius 3 is 1.08 bits per heavy atom. The largest absolute Gasteiger partial charge is 0.459 e. The summed E-state index contributed by atoms with van der Waals surface area (Å²) in [5.74, 6) is -11.0. The van der Waals surface area contributed by atoms with Gasteiger partial charge in [0.1, 0.15) is 32.0 Å². The highest BCUT2D eigenvalue weighted by Crippen LogP contribution is 2.41. The van der Waals surface area contributed by atoms with Crippen LogP contribution in [0.2, 0.25) is 0 Å². The molecule has 0 amide bonds. The van der Waals surface area contributed by atoms with Crippen LogP contribution in [0.15, 0.2) is 212 Å². The third-order valence-electron chi connectivity index (χ3n) is 12.4. The SMILES string of the molecule is O=C(OC[C@H]1O[C@@](COC(=O)c2ccccc2)(O[C@H]2O[C@H](COC(=O)c3ccccc3)[C@@H](OC(=O)c3ccccc3)[C@H](OC(=O)c3ccccc3)C2=O)[C@@H](OC(=O)c2ccccc2)[C@@H]1OC(=O)c1ccccc1)c1ccccc1. The van der Waals surface area contributed by atoms with E-state index in [1.807, 2.05) is 0 Å². The van der Waals surface area contributed by atoms with E-state index in [1.54, 1.807) is 115 Å². The first-order valence-electron chi connectivity index (χ1n) is 24.7. The number of benzene rings is 7. The van der Waals surface area contributed by atoms with Crippen molar-refractivity contribution >= 4 is 47.6 Å². The molecule has 2 saturated heterocycles. The zero-order valence-electron chi connectivity index (χ0n) is 41.7. The van der Waals surface area contributed by atoms with Gasteiger partial charge in [0.15, 0.2) is 18.3 Å². The molecular weight excluding hydrogens is 1020 g/mol. The topological polar surface area (TPSA) is 229 Å². The monoisotopic (exact) mass is 1070 g/mol. The molecule has 79 heavy (non-hydrogen) atoms. The summed E-state index contributed by atoms with van der Waals surface area (Å²) in [7, 11) is 0. The molecule has 0 saturated carbocycles. The second-order valence-electron chi connectivity index (χ2n) is 17.7. The lowest BCUT2D eigenvalue weighted by Gasteiger charge is -2.42. The van der Waals surface area contributed by atoms with Crippen molar-refractivity contribution in [3.05, 3.63) is 251 Å². The van der Waals surface area contributed by atoms with Gasteiger partial charge in [-0.2, -0.15) is 0 Å². The number of carbonyl (C=O) groups excluding carboxylic acids is 8. The third-order valence-corrected chi connectivity index (χ3v) is 12.4. The van der Waals surface area contributed by atoms with Gasteiger partial charge in [-0.15, -0.1) is 0 Å². The van der Waals surface area contributed by atoms with Gasteiger partial charge in [-0.25, -0.2) is 33.6 Å². The van der Waals surface area contributed by atoms with Crippen molar-refractivity contribution in [2.24, 2.45) is 0 Å². The number of rotatable bonds is 19. The Balaban J connectivity index is 1.17. The minimum absolute atomic E-state index is 0.0122. The number of carbonyl (C=O) groups is 8. The molecule has 2 fully saturated rings. The molecule has 400 valence electrons. The average molecular weight is 1070 g/mol. The van der Waals surface area contributed by atoms with Crippen LogP contribution in [-0.2, 0) is 52.2 Å². The fourth-order valence-electron chi connectivity index (χ4n) is 8.46. The lowest BCUT2D eigenvalue weighted by atomic mass is 9.98. The summed E-state index contributed by atoms with van der Waals surface area (Å²) in [5.41, 5.74) is 0.195. The van der Waals surface area contributed by atoms with Crippen molar-refractivity contribution in [3.8, 4) is 0 Å². The normalized spacial score (nSPS) is 21.3. The van der Waals surface area contributed by atoms with Gasteiger partial charge in [-0.3, -0.25) is 4.79 Å². The van der Waals surface area contributed by atoms with Gasteiger partial charge >= 0.3 is 41.8 Å². The second kappa shape index (κ2) is 25.5. The summed E-state index contributed by atoms with van der Waals surface area (Å²) in [6, 6.07) is 53.6. The van der Waals surface area contributed by atoms with Gasteiger partial charge in [0, 0.05) is 0 Å². The molecule has 0 spiro atoms. The molecule has 18 heteroatoms. The maximum atomic E-state index is 15.4. The fourth-order valence-corrected chi connectivity index (χ4v) is 8.46. The number of hydrogen-bond acceptors (Lipinski definition) is 18. The highest BCUT2D eigenvalue weighted by atomic mass is 16.8. The van der Waals surface area contributed by atoms with Crippen molar-refractivity contribution in [2.45, 2.75) is 48.7 Å². The van der Waals surface area contributed by atoms with Gasteiger partial charge in [0.05, 0.1) is 38.9 Å². The van der Waals surface area contributed by atoms with Crippen LogP contribution in [0, 0.1) is 0 Å². The van der Waals surface area contributed by atoms with E-state index in [0.29, 0.717) is 0 Å². The molecule has 0 radical (unpaired) electrons. The number of ether oxygens (including phenoxy) is 10. The lowest BCUT2D eigenvalue weighted by Crippen LogP contribution is -2.63. The van der Waals surface area contributed by atoms with Crippen molar-refractivity contribution in [3.63, 3.8) is 0 Å². The van der Waals surface area contributed by atoms with Crippen LogP contribution in [0.5, 0.6) is 0 Å². The Bertz CT molecular complexity index is 3240. The van der Waals surface area contributed by atoms with Gasteiger partial charge in [0.25, 0.3) is 0 Å². The van der Waals surface area contributed by atoms with Gasteiger partial charge in [-0.1, -0.05) is 127 Å². The van der Waals surface area contributed by atoms with Gasteiger partial charge in [-0.05, 0) is 84.9 Å². The van der Waals surface area contributed by atoms with Gasteiger partial charge < -0.3 is 47.4 Å². The highest BCUT2D eigenvalue weighted by Gasteiger charge is 2.65. The van der Waals surface area contributed by atoms with E-state index in [2.05, 4.69) is 0 Å². The van der Waals surface area contributed by atoms with Crippen LogP contribution in [0.1, 0.15) is 72.5 Å². The number of Topliss-reactive ketones (excluding diaryl/α,β-unsaturated/α-hetero) is 1. The predicted octanol–water partition coefficient (Wildman–Crippen LogP) is 7.87. The highest BCUT2D eigenvalue weighted by molar-refractivity contribution is 5.96. The number of esters is 7. The first-order valence-corrected chi connectivity index (χ1v) is 24.7. The summed E-state index contributed by atoms with van der Waals surface area (Å²) in [6.45, 7) is -2.66. The van der Waals surface area contributed by atoms with E-state index >= 15 is 4.79 Å². The Kier molecular flexibility index (Phi) is 17.5. The van der Waals surface area contributed by atoms with Crippen LogP contribution in [0.4, 0.5) is 0 Å². The zero-order valence-corrected chi connectivity index (χ0v) is 41.7. The molecule has 0 aromatic heterocycles. The van der Waals surface area contributed by atoms with E-state index in [1.165, 1.54) is 97.1 Å². The summed E-state index contributed by atoms with van der Waals surface area (Å²) in [5, 5.41) is 0. The van der Waals surface area contributed by atoms with Crippen LogP contribution in [0.25, 0.3) is 0 Å². The Hall–Kier alpha value is -9.62. The number of hydrogen-bond donors (Lipinski definition) is 0. The Morgan fingerprint density at radius 1 is 0.367 bits per heavy atom. The van der Waals surface area contributed by atoms with E-state index in [4.69, 9.17) is 47.4 Å². The molecule has 18 nitrogen and oxygen atoms in total. The predicted molar refractivity (Wildman–Crippen MR) is 275 cm³/mol. The molecule has 0 aliphatic carbocycles. The molecule has 2 aliphatic rings. The Labute approximate surface area is 451 Å². The first kappa shape index (κ1) is 54.2. The molecular formula is C61H48O18. The zero-order chi connectivity index (χ0) is 55.1. The van der Waals surface area contributed by atoms with E-state index in [0.717, 1.165) is 0 Å². The molecule has 8 atom stereocenters. The molecule has 7 aromatic rings. The second-order valence-corrected chi connectivity index (χ2v) is 17.7. The standard InChI is InChI=1S/C61H48O18/c62-48-51(76-58(68)44-32-18-6-19-33-44)49(74-56(66)42-28-14-4-15-29-42)46(36-70-53(63)39-22-8-1-9-23-39)73-60(48)79-61(38-72-55(65)41-26-12-3-13-27-41)52(77-59(69)45-34-20-7-21-35-45)50(75-57(67)43-30-16-5-17-31-43)47(78-61)37-71-54(64)40-24-10-2-11-25-40/h1-35,46-47,49-52,60H,36-38H2/t46-,47-,49-,50-,51-,52+,60-,61+/m1/s1. The molecule has 0 N–H and O–H groups in total. The third kappa shape index (κ3) is 13.3. The summed E-state index contributed by atoms with van der Waals surface area (Å²) >= 11 is 0. The quantitative estimate of drug-likeness (QED) is 0.0554. The van der Waals surface area contributed by atoms with Crippen LogP contribution < -0.4 is 0 Å². The minimum atomic E-state index is -2.83. The summed E-state index contributed by atoms with van der Waals surface area (Å²) in [6.07, 6.45) is -13.8. The molecule has 0 unspecified atom stereocenters. The number of ketones is 1. The van der Waals surface area contributed by atoms with E-state index < -0.39 is 116 Å². The summed E-state index contributed by atoms with van der Waals surface area (Å²) in [4.78, 5) is 113. The van der Waals surface area contributed by atoms with Crippen LogP contribution in [-0.4, -0.2) is 116 Å². The van der Waals surface area contributed by atoms with Crippen molar-refractivity contribution in [2.75, 3.05) is 19.8 Å². The molecule has 0 bridgehead atoms. The minimum Gasteiger partial charge on any atom is -0.459 e. The van der Waals surface area contributed by atoms with Crippen molar-refractivity contribution in [1.82, 2.24) is 0 Å². The summed E-state index contributed by atoms with van der Waals surface area (Å²) < 4.78 is 61.4. The average Bonchev–Trinajstić information content (AvgIpc) is 4.08. The Morgan fingerprint density at radius 2 is 0.684 bits per heavy atom. The first-order chi connectivity index (χ1) is 38.5. The van der Waals surface area contributed by atoms with Crippen LogP contribution >= 0.6 is 0 Å². The van der Waals surface area contributed by atoms with Crippen molar-refractivity contribution < 1.29 is 85.7 Å². The van der Waals surface area contributed by atoms with Crippen LogP contribution in [0.3, 0.4) is 0 Å². The maximum Gasteiger partial charge on any atom is 0.338 e. The fraction of sp³-hybridized carbons (Fsp3) is 0.180. The lowest BCUT2D eigenvalue weighted by molar-refractivity contribution is -0.343. The van der Waals surface area contributed by atoms with Crippen molar-refractivity contribution in [1.29, 1.82) is 0 Å². The van der Waals surface area contributed by atoms with Gasteiger partial charge in [0.2, 0.25) is 24.0 Å². The molecule has 2 heterocycles. The molecule has 2 aliphatic heterocycles. The molecule has 7 aromatic carbocycles. The maximum absolute atomic E-state index is 15.4. The molecule has 9 rings (SSSR count).